The average molecular weight is 306 g/mol. The van der Waals surface area contributed by atoms with E-state index in [0.717, 1.165) is 10.8 Å². The van der Waals surface area contributed by atoms with Gasteiger partial charge in [0.25, 0.3) is 0 Å². The van der Waals surface area contributed by atoms with Crippen LogP contribution in [0.15, 0.2) is 54.6 Å². The first-order chi connectivity index (χ1) is 11.1. The molecule has 1 aliphatic heterocycles. The lowest BCUT2D eigenvalue weighted by Gasteiger charge is -2.27. The number of aliphatic hydroxyl groups excluding tert-OH is 1. The van der Waals surface area contributed by atoms with Gasteiger partial charge < -0.3 is 14.6 Å². The minimum atomic E-state index is -0.921. The standard InChI is InChI=1S/C19H14O4/c1-11(20)22-14-7-4-8-15-18(14)19(21)17-13-6-3-2-5-12(13)9-10-16(17)23-15/h2-10,19,21H,1H3. The van der Waals surface area contributed by atoms with Gasteiger partial charge in [0.2, 0.25) is 0 Å². The van der Waals surface area contributed by atoms with E-state index in [4.69, 9.17) is 9.47 Å². The normalized spacial score (nSPS) is 15.5. The molecule has 0 bridgehead atoms. The molecular weight excluding hydrogens is 292 g/mol. The zero-order valence-electron chi connectivity index (χ0n) is 12.4. The Labute approximate surface area is 132 Å². The zero-order chi connectivity index (χ0) is 16.0. The molecule has 1 unspecified atom stereocenters. The van der Waals surface area contributed by atoms with E-state index < -0.39 is 12.1 Å². The molecule has 3 aromatic rings. The molecule has 23 heavy (non-hydrogen) atoms. The highest BCUT2D eigenvalue weighted by atomic mass is 16.5. The monoisotopic (exact) mass is 306 g/mol. The van der Waals surface area contributed by atoms with Crippen LogP contribution < -0.4 is 9.47 Å². The van der Waals surface area contributed by atoms with Crippen molar-refractivity contribution in [1.29, 1.82) is 0 Å². The van der Waals surface area contributed by atoms with E-state index >= 15 is 0 Å². The van der Waals surface area contributed by atoms with Gasteiger partial charge in [0.1, 0.15) is 23.4 Å². The number of carbonyl (C=O) groups is 1. The van der Waals surface area contributed by atoms with E-state index in [1.165, 1.54) is 6.92 Å². The lowest BCUT2D eigenvalue weighted by atomic mass is 9.92. The minimum absolute atomic E-state index is 0.320. The topological polar surface area (TPSA) is 55.8 Å². The second kappa shape index (κ2) is 5.11. The molecule has 1 aliphatic rings. The van der Waals surface area contributed by atoms with Crippen LogP contribution in [-0.2, 0) is 4.79 Å². The molecule has 0 fully saturated rings. The molecule has 0 aromatic heterocycles. The van der Waals surface area contributed by atoms with E-state index in [2.05, 4.69) is 0 Å². The first-order valence-corrected chi connectivity index (χ1v) is 7.34. The molecule has 1 atom stereocenters. The van der Waals surface area contributed by atoms with E-state index in [0.29, 0.717) is 28.4 Å². The number of esters is 1. The van der Waals surface area contributed by atoms with Crippen molar-refractivity contribution in [2.75, 3.05) is 0 Å². The third-order valence-electron chi connectivity index (χ3n) is 3.98. The van der Waals surface area contributed by atoms with Crippen molar-refractivity contribution >= 4 is 16.7 Å². The minimum Gasteiger partial charge on any atom is -0.456 e. The Hall–Kier alpha value is -2.85. The van der Waals surface area contributed by atoms with Crippen LogP contribution in [0.5, 0.6) is 17.2 Å². The molecule has 0 saturated heterocycles. The number of hydrogen-bond donors (Lipinski definition) is 1. The van der Waals surface area contributed by atoms with Gasteiger partial charge in [-0.2, -0.15) is 0 Å². The quantitative estimate of drug-likeness (QED) is 0.546. The van der Waals surface area contributed by atoms with Crippen molar-refractivity contribution in [3.8, 4) is 17.2 Å². The lowest BCUT2D eigenvalue weighted by molar-refractivity contribution is -0.132. The maximum absolute atomic E-state index is 11.3. The number of rotatable bonds is 1. The Morgan fingerprint density at radius 3 is 2.61 bits per heavy atom. The SMILES string of the molecule is CC(=O)Oc1cccc2c1C(O)c1c(ccc3ccccc13)O2. The molecule has 3 aromatic carbocycles. The summed E-state index contributed by atoms with van der Waals surface area (Å²) in [5.41, 5.74) is 1.17. The average Bonchev–Trinajstić information content (AvgIpc) is 2.54. The van der Waals surface area contributed by atoms with Crippen molar-refractivity contribution in [3.63, 3.8) is 0 Å². The smallest absolute Gasteiger partial charge is 0.308 e. The van der Waals surface area contributed by atoms with Crippen molar-refractivity contribution in [1.82, 2.24) is 0 Å². The Morgan fingerprint density at radius 1 is 1.00 bits per heavy atom. The van der Waals surface area contributed by atoms with Crippen LogP contribution in [0.2, 0.25) is 0 Å². The van der Waals surface area contributed by atoms with Gasteiger partial charge in [-0.3, -0.25) is 4.79 Å². The predicted octanol–water partition coefficient (Wildman–Crippen LogP) is 3.95. The molecule has 4 heteroatoms. The molecule has 1 N–H and O–H groups in total. The molecule has 114 valence electrons. The van der Waals surface area contributed by atoms with Gasteiger partial charge >= 0.3 is 5.97 Å². The highest BCUT2D eigenvalue weighted by molar-refractivity contribution is 5.89. The molecule has 4 rings (SSSR count). The highest BCUT2D eigenvalue weighted by Gasteiger charge is 2.30. The number of benzene rings is 3. The first kappa shape index (κ1) is 13.8. The summed E-state index contributed by atoms with van der Waals surface area (Å²) in [6.45, 7) is 1.33. The van der Waals surface area contributed by atoms with Crippen LogP contribution in [0.4, 0.5) is 0 Å². The summed E-state index contributed by atoms with van der Waals surface area (Å²) in [5.74, 6) is 0.998. The predicted molar refractivity (Wildman–Crippen MR) is 85.8 cm³/mol. The van der Waals surface area contributed by atoms with Crippen molar-refractivity contribution in [2.45, 2.75) is 13.0 Å². The summed E-state index contributed by atoms with van der Waals surface area (Å²) in [6, 6.07) is 16.7. The van der Waals surface area contributed by atoms with Gasteiger partial charge in [0.15, 0.2) is 0 Å². The van der Waals surface area contributed by atoms with Crippen molar-refractivity contribution in [2.24, 2.45) is 0 Å². The van der Waals surface area contributed by atoms with Gasteiger partial charge in [-0.1, -0.05) is 36.4 Å². The summed E-state index contributed by atoms with van der Waals surface area (Å²) >= 11 is 0. The van der Waals surface area contributed by atoms with Crippen LogP contribution >= 0.6 is 0 Å². The Balaban J connectivity index is 1.95. The van der Waals surface area contributed by atoms with E-state index in [1.807, 2.05) is 36.4 Å². The van der Waals surface area contributed by atoms with Gasteiger partial charge in [0, 0.05) is 12.5 Å². The summed E-state index contributed by atoms with van der Waals surface area (Å²) in [7, 11) is 0. The van der Waals surface area contributed by atoms with Crippen LogP contribution in [0.1, 0.15) is 24.2 Å². The fourth-order valence-electron chi connectivity index (χ4n) is 3.04. The number of fused-ring (bicyclic) bond motifs is 4. The number of hydrogen-bond acceptors (Lipinski definition) is 4. The van der Waals surface area contributed by atoms with Crippen molar-refractivity contribution in [3.05, 3.63) is 65.7 Å². The molecule has 0 saturated carbocycles. The van der Waals surface area contributed by atoms with Gasteiger partial charge in [-0.05, 0) is 29.0 Å². The molecule has 0 amide bonds. The molecule has 0 spiro atoms. The van der Waals surface area contributed by atoms with Gasteiger partial charge in [-0.15, -0.1) is 0 Å². The summed E-state index contributed by atoms with van der Waals surface area (Å²) in [6.07, 6.45) is -0.921. The van der Waals surface area contributed by atoms with E-state index in [9.17, 15) is 9.90 Å². The third kappa shape index (κ3) is 2.15. The van der Waals surface area contributed by atoms with Crippen LogP contribution in [0.25, 0.3) is 10.8 Å². The fourth-order valence-corrected chi connectivity index (χ4v) is 3.04. The maximum Gasteiger partial charge on any atom is 0.308 e. The number of carbonyl (C=O) groups excluding carboxylic acids is 1. The molecule has 4 nitrogen and oxygen atoms in total. The lowest BCUT2D eigenvalue weighted by Crippen LogP contribution is -2.13. The zero-order valence-corrected chi connectivity index (χ0v) is 12.4. The van der Waals surface area contributed by atoms with Gasteiger partial charge in [0.05, 0.1) is 5.56 Å². The fraction of sp³-hybridized carbons (Fsp3) is 0.105. The second-order valence-electron chi connectivity index (χ2n) is 5.46. The second-order valence-corrected chi connectivity index (χ2v) is 5.46. The summed E-state index contributed by atoms with van der Waals surface area (Å²) in [5, 5.41) is 12.9. The maximum atomic E-state index is 11.3. The first-order valence-electron chi connectivity index (χ1n) is 7.34. The Bertz CT molecular complexity index is 930. The Morgan fingerprint density at radius 2 is 1.78 bits per heavy atom. The van der Waals surface area contributed by atoms with Crippen LogP contribution in [-0.4, -0.2) is 11.1 Å². The molecule has 0 aliphatic carbocycles. The van der Waals surface area contributed by atoms with Gasteiger partial charge in [-0.25, -0.2) is 0 Å². The Kier molecular flexibility index (Phi) is 3.06. The summed E-state index contributed by atoms with van der Waals surface area (Å²) < 4.78 is 11.2. The number of ether oxygens (including phenoxy) is 2. The van der Waals surface area contributed by atoms with E-state index in [-0.39, 0.29) is 0 Å². The molecule has 1 heterocycles. The molecular formula is C19H14O4. The van der Waals surface area contributed by atoms with E-state index in [1.54, 1.807) is 18.2 Å². The summed E-state index contributed by atoms with van der Waals surface area (Å²) in [4.78, 5) is 11.3. The highest BCUT2D eigenvalue weighted by Crippen LogP contribution is 2.49. The largest absolute Gasteiger partial charge is 0.456 e. The van der Waals surface area contributed by atoms with Crippen LogP contribution in [0.3, 0.4) is 0 Å². The number of aliphatic hydroxyl groups is 1. The van der Waals surface area contributed by atoms with Crippen LogP contribution in [0, 0.1) is 0 Å². The molecule has 0 radical (unpaired) electrons. The third-order valence-corrected chi connectivity index (χ3v) is 3.98. The van der Waals surface area contributed by atoms with Crippen molar-refractivity contribution < 1.29 is 19.4 Å².